The summed E-state index contributed by atoms with van der Waals surface area (Å²) < 4.78 is 1.42. The lowest BCUT2D eigenvalue weighted by atomic mass is 10.2. The number of piperazine rings is 1. The summed E-state index contributed by atoms with van der Waals surface area (Å²) in [4.78, 5) is 27.9. The van der Waals surface area contributed by atoms with Crippen molar-refractivity contribution in [2.45, 2.75) is 27.4 Å². The molecule has 2 amide bonds. The van der Waals surface area contributed by atoms with E-state index in [-0.39, 0.29) is 22.8 Å². The number of benzene rings is 1. The quantitative estimate of drug-likeness (QED) is 0.631. The van der Waals surface area contributed by atoms with Crippen LogP contribution in [0.4, 0.5) is 0 Å². The predicted octanol–water partition coefficient (Wildman–Crippen LogP) is 1.94. The number of amides is 2. The molecule has 150 valence electrons. The van der Waals surface area contributed by atoms with E-state index in [0.717, 1.165) is 37.1 Å². The van der Waals surface area contributed by atoms with Gasteiger partial charge in [0, 0.05) is 32.7 Å². The summed E-state index contributed by atoms with van der Waals surface area (Å²) in [5.41, 5.74) is 6.44. The second-order valence-corrected chi connectivity index (χ2v) is 10.2. The van der Waals surface area contributed by atoms with Crippen molar-refractivity contribution >= 4 is 46.7 Å². The summed E-state index contributed by atoms with van der Waals surface area (Å²) in [5, 5.41) is 7.91. The number of nitrogens with zero attached hydrogens (tertiary/aromatic N) is 4. The van der Waals surface area contributed by atoms with Gasteiger partial charge >= 0.3 is 0 Å². The van der Waals surface area contributed by atoms with E-state index in [9.17, 15) is 9.59 Å². The molecule has 1 aromatic carbocycles. The summed E-state index contributed by atoms with van der Waals surface area (Å²) in [7, 11) is 0. The highest BCUT2D eigenvalue weighted by molar-refractivity contribution is 8.04. The summed E-state index contributed by atoms with van der Waals surface area (Å²) in [5.74, 6) is -0.0728. The lowest BCUT2D eigenvalue weighted by Crippen LogP contribution is -2.50. The lowest BCUT2D eigenvalue weighted by molar-refractivity contribution is -0.132. The van der Waals surface area contributed by atoms with Gasteiger partial charge in [0.25, 0.3) is 0 Å². The monoisotopic (exact) mass is 437 g/mol. The number of thioether (sulfide) groups is 2. The van der Waals surface area contributed by atoms with Crippen LogP contribution in [0.15, 0.2) is 39.0 Å². The van der Waals surface area contributed by atoms with Crippen molar-refractivity contribution in [3.63, 3.8) is 0 Å². The fourth-order valence-electron chi connectivity index (χ4n) is 2.86. The summed E-state index contributed by atoms with van der Waals surface area (Å²) in [6.45, 7) is 6.07. The van der Waals surface area contributed by atoms with Gasteiger partial charge in [-0.3, -0.25) is 14.5 Å². The number of carbonyl (C=O) groups excluding carboxylic acids is 2. The van der Waals surface area contributed by atoms with Gasteiger partial charge in [0.05, 0.1) is 11.0 Å². The summed E-state index contributed by atoms with van der Waals surface area (Å²) in [6.07, 6.45) is 0. The zero-order chi connectivity index (χ0) is 19.9. The largest absolute Gasteiger partial charge is 0.369 e. The highest BCUT2D eigenvalue weighted by atomic mass is 32.2. The van der Waals surface area contributed by atoms with Gasteiger partial charge in [-0.1, -0.05) is 65.2 Å². The third-order valence-corrected chi connectivity index (χ3v) is 7.53. The molecule has 1 saturated heterocycles. The maximum Gasteiger partial charge on any atom is 0.235 e. The van der Waals surface area contributed by atoms with Crippen LogP contribution >= 0.6 is 34.9 Å². The lowest BCUT2D eigenvalue weighted by Gasteiger charge is -2.35. The van der Waals surface area contributed by atoms with Crippen LogP contribution in [0.2, 0.25) is 0 Å². The maximum absolute atomic E-state index is 12.8. The minimum absolute atomic E-state index is 0.130. The van der Waals surface area contributed by atoms with Crippen molar-refractivity contribution in [2.75, 3.05) is 31.9 Å². The molecule has 28 heavy (non-hydrogen) atoms. The Labute approximate surface area is 177 Å². The SMILES string of the molecule is CC(Sc1nnc(SCC(N)=O)s1)C(=O)N1CCN(Cc2ccccc2)CC1. The van der Waals surface area contributed by atoms with E-state index in [1.807, 2.05) is 17.9 Å². The number of primary amides is 1. The average Bonchev–Trinajstić information content (AvgIpc) is 3.14. The van der Waals surface area contributed by atoms with Crippen LogP contribution < -0.4 is 5.73 Å². The molecule has 1 fully saturated rings. The van der Waals surface area contributed by atoms with Crippen molar-refractivity contribution in [3.8, 4) is 0 Å². The fourth-order valence-corrected chi connectivity index (χ4v) is 5.85. The van der Waals surface area contributed by atoms with Gasteiger partial charge in [0.15, 0.2) is 8.68 Å². The number of carbonyl (C=O) groups is 2. The van der Waals surface area contributed by atoms with Crippen LogP contribution in [0.3, 0.4) is 0 Å². The Kier molecular flexibility index (Phi) is 7.72. The van der Waals surface area contributed by atoms with Crippen LogP contribution in [-0.4, -0.2) is 69.0 Å². The van der Waals surface area contributed by atoms with Crippen molar-refractivity contribution in [1.29, 1.82) is 0 Å². The minimum atomic E-state index is -0.385. The third-order valence-electron chi connectivity index (χ3n) is 4.28. The van der Waals surface area contributed by atoms with Crippen molar-refractivity contribution in [1.82, 2.24) is 20.0 Å². The molecule has 1 aliphatic heterocycles. The normalized spacial score (nSPS) is 16.1. The molecule has 2 aromatic rings. The molecule has 1 unspecified atom stereocenters. The van der Waals surface area contributed by atoms with Gasteiger partial charge in [-0.15, -0.1) is 10.2 Å². The number of nitrogens with two attached hydrogens (primary N) is 1. The number of hydrogen-bond donors (Lipinski definition) is 1. The van der Waals surface area contributed by atoms with Crippen molar-refractivity contribution in [2.24, 2.45) is 5.73 Å². The van der Waals surface area contributed by atoms with Crippen LogP contribution in [0.1, 0.15) is 12.5 Å². The Morgan fingerprint density at radius 3 is 2.50 bits per heavy atom. The van der Waals surface area contributed by atoms with Gasteiger partial charge in [0.1, 0.15) is 0 Å². The Morgan fingerprint density at radius 2 is 1.82 bits per heavy atom. The Bertz CT molecular complexity index is 794. The van der Waals surface area contributed by atoms with E-state index in [2.05, 4.69) is 39.4 Å². The van der Waals surface area contributed by atoms with Gasteiger partial charge in [-0.05, 0) is 12.5 Å². The molecule has 3 rings (SSSR count). The molecule has 0 bridgehead atoms. The molecular weight excluding hydrogens is 414 g/mol. The van der Waals surface area contributed by atoms with Gasteiger partial charge in [-0.25, -0.2) is 0 Å². The average molecular weight is 438 g/mol. The number of rotatable bonds is 8. The molecule has 0 spiro atoms. The smallest absolute Gasteiger partial charge is 0.235 e. The fraction of sp³-hybridized carbons (Fsp3) is 0.444. The predicted molar refractivity (Wildman–Crippen MR) is 113 cm³/mol. The van der Waals surface area contributed by atoms with Gasteiger partial charge in [-0.2, -0.15) is 0 Å². The topological polar surface area (TPSA) is 92.4 Å². The van der Waals surface area contributed by atoms with E-state index in [1.54, 1.807) is 0 Å². The van der Waals surface area contributed by atoms with Crippen molar-refractivity contribution in [3.05, 3.63) is 35.9 Å². The zero-order valence-electron chi connectivity index (χ0n) is 15.6. The molecule has 2 N–H and O–H groups in total. The third kappa shape index (κ3) is 6.20. The Morgan fingerprint density at radius 1 is 1.14 bits per heavy atom. The summed E-state index contributed by atoms with van der Waals surface area (Å²) >= 11 is 4.07. The highest BCUT2D eigenvalue weighted by Gasteiger charge is 2.26. The first-order chi connectivity index (χ1) is 13.5. The minimum Gasteiger partial charge on any atom is -0.369 e. The van der Waals surface area contributed by atoms with E-state index < -0.39 is 0 Å². The van der Waals surface area contributed by atoms with Crippen LogP contribution in [0.5, 0.6) is 0 Å². The maximum atomic E-state index is 12.8. The molecule has 0 radical (unpaired) electrons. The Hall–Kier alpha value is -1.62. The molecular formula is C18H23N5O2S3. The molecule has 0 saturated carbocycles. The van der Waals surface area contributed by atoms with E-state index in [1.165, 1.54) is 40.4 Å². The highest BCUT2D eigenvalue weighted by Crippen LogP contribution is 2.31. The molecule has 0 aliphatic carbocycles. The van der Waals surface area contributed by atoms with Crippen LogP contribution in [0, 0.1) is 0 Å². The van der Waals surface area contributed by atoms with Gasteiger partial charge < -0.3 is 10.6 Å². The molecule has 1 aliphatic rings. The molecule has 1 aromatic heterocycles. The van der Waals surface area contributed by atoms with E-state index in [4.69, 9.17) is 5.73 Å². The first-order valence-electron chi connectivity index (χ1n) is 8.97. The van der Waals surface area contributed by atoms with Gasteiger partial charge in [0.2, 0.25) is 11.8 Å². The second-order valence-electron chi connectivity index (χ2n) is 6.44. The van der Waals surface area contributed by atoms with Crippen LogP contribution in [0.25, 0.3) is 0 Å². The first-order valence-corrected chi connectivity index (χ1v) is 11.7. The number of aromatic nitrogens is 2. The van der Waals surface area contributed by atoms with E-state index >= 15 is 0 Å². The van der Waals surface area contributed by atoms with E-state index in [0.29, 0.717) is 4.34 Å². The van der Waals surface area contributed by atoms with Crippen molar-refractivity contribution < 1.29 is 9.59 Å². The molecule has 1 atom stereocenters. The number of hydrogen-bond acceptors (Lipinski definition) is 8. The molecule has 7 nitrogen and oxygen atoms in total. The second kappa shape index (κ2) is 10.2. The van der Waals surface area contributed by atoms with Crippen LogP contribution in [-0.2, 0) is 16.1 Å². The zero-order valence-corrected chi connectivity index (χ0v) is 18.1. The molecule has 2 heterocycles. The standard InChI is InChI=1S/C18H23N5O2S3/c1-13(27-18-21-20-17(28-18)26-12-15(19)24)16(25)23-9-7-22(8-10-23)11-14-5-3-2-4-6-14/h2-6,13H,7-12H2,1H3,(H2,19,24). The molecule has 10 heteroatoms. The first kappa shape index (κ1) is 21.1. The summed E-state index contributed by atoms with van der Waals surface area (Å²) in [6, 6.07) is 10.4. The Balaban J connectivity index is 1.45.